The van der Waals surface area contributed by atoms with Crippen LogP contribution in [0.3, 0.4) is 0 Å². The summed E-state index contributed by atoms with van der Waals surface area (Å²) in [6, 6.07) is 0. The predicted molar refractivity (Wildman–Crippen MR) is 63.3 cm³/mol. The van der Waals surface area contributed by atoms with E-state index in [1.54, 1.807) is 0 Å². The van der Waals surface area contributed by atoms with Crippen LogP contribution in [0.5, 0.6) is 0 Å². The van der Waals surface area contributed by atoms with E-state index in [0.29, 0.717) is 0 Å². The first-order chi connectivity index (χ1) is 6.26. The normalized spacial score (nSPS) is 9.69. The summed E-state index contributed by atoms with van der Waals surface area (Å²) in [5, 5.41) is 0. The molecule has 0 fully saturated rings. The Morgan fingerprint density at radius 2 is 1.23 bits per heavy atom. The summed E-state index contributed by atoms with van der Waals surface area (Å²) in [7, 11) is 0. The van der Waals surface area contributed by atoms with Gasteiger partial charge in [-0.25, -0.2) is 0 Å². The molecule has 0 amide bonds. The van der Waals surface area contributed by atoms with Crippen molar-refractivity contribution in [2.75, 3.05) is 19.6 Å². The molecule has 0 unspecified atom stereocenters. The van der Waals surface area contributed by atoms with E-state index in [0.717, 1.165) is 0 Å². The standard InChI is InChI=1S/C9H21N.C3H8/c1-4-7-8-9-10(5-2)6-3;1-3-2/h4-9H2,1-3H3;3H2,1-2H3. The zero-order valence-electron chi connectivity index (χ0n) is 10.4. The Bertz CT molecular complexity index is 67.5. The van der Waals surface area contributed by atoms with E-state index in [2.05, 4.69) is 39.5 Å². The van der Waals surface area contributed by atoms with Gasteiger partial charge >= 0.3 is 0 Å². The topological polar surface area (TPSA) is 3.24 Å². The van der Waals surface area contributed by atoms with Crippen LogP contribution in [0.1, 0.15) is 60.3 Å². The number of hydrogen-bond donors (Lipinski definition) is 0. The van der Waals surface area contributed by atoms with Gasteiger partial charge in [0.15, 0.2) is 0 Å². The molecular weight excluding hydrogens is 158 g/mol. The van der Waals surface area contributed by atoms with Crippen LogP contribution in [0.2, 0.25) is 0 Å². The van der Waals surface area contributed by atoms with Gasteiger partial charge < -0.3 is 4.90 Å². The second-order valence-electron chi connectivity index (χ2n) is 3.44. The summed E-state index contributed by atoms with van der Waals surface area (Å²) >= 11 is 0. The molecular formula is C12H29N. The molecule has 0 aliphatic rings. The molecule has 13 heavy (non-hydrogen) atoms. The quantitative estimate of drug-likeness (QED) is 0.569. The van der Waals surface area contributed by atoms with Crippen molar-refractivity contribution in [3.63, 3.8) is 0 Å². The van der Waals surface area contributed by atoms with Crippen LogP contribution >= 0.6 is 0 Å². The van der Waals surface area contributed by atoms with Gasteiger partial charge in [-0.2, -0.15) is 0 Å². The summed E-state index contributed by atoms with van der Waals surface area (Å²) in [5.74, 6) is 0. The third-order valence-electron chi connectivity index (χ3n) is 1.97. The maximum absolute atomic E-state index is 2.48. The van der Waals surface area contributed by atoms with Crippen LogP contribution in [0.4, 0.5) is 0 Å². The van der Waals surface area contributed by atoms with Gasteiger partial charge in [0.05, 0.1) is 0 Å². The average Bonchev–Trinajstić information content (AvgIpc) is 2.14. The van der Waals surface area contributed by atoms with E-state index in [1.807, 2.05) is 0 Å². The Kier molecular flexibility index (Phi) is 17.2. The Balaban J connectivity index is 0. The van der Waals surface area contributed by atoms with Crippen LogP contribution in [-0.2, 0) is 0 Å². The lowest BCUT2D eigenvalue weighted by Gasteiger charge is -2.16. The molecule has 0 aliphatic carbocycles. The molecule has 0 aromatic heterocycles. The molecule has 0 heterocycles. The summed E-state index contributed by atoms with van der Waals surface area (Å²) in [4.78, 5) is 2.48. The zero-order chi connectivity index (χ0) is 10.5. The van der Waals surface area contributed by atoms with Crippen LogP contribution in [-0.4, -0.2) is 24.5 Å². The third kappa shape index (κ3) is 14.8. The lowest BCUT2D eigenvalue weighted by molar-refractivity contribution is 0.296. The Morgan fingerprint density at radius 3 is 1.54 bits per heavy atom. The van der Waals surface area contributed by atoms with E-state index >= 15 is 0 Å². The molecule has 0 saturated heterocycles. The van der Waals surface area contributed by atoms with Crippen LogP contribution in [0.25, 0.3) is 0 Å². The van der Waals surface area contributed by atoms with Crippen molar-refractivity contribution in [2.45, 2.75) is 60.3 Å². The molecule has 0 saturated carbocycles. The van der Waals surface area contributed by atoms with Crippen molar-refractivity contribution in [1.29, 1.82) is 0 Å². The van der Waals surface area contributed by atoms with Gasteiger partial charge in [-0.3, -0.25) is 0 Å². The molecule has 0 rings (SSSR count). The average molecular weight is 187 g/mol. The van der Waals surface area contributed by atoms with Gasteiger partial charge in [-0.05, 0) is 26.1 Å². The number of nitrogens with zero attached hydrogens (tertiary/aromatic N) is 1. The van der Waals surface area contributed by atoms with Gasteiger partial charge in [0.1, 0.15) is 0 Å². The van der Waals surface area contributed by atoms with E-state index in [4.69, 9.17) is 0 Å². The molecule has 0 aromatic carbocycles. The van der Waals surface area contributed by atoms with Crippen molar-refractivity contribution < 1.29 is 0 Å². The minimum absolute atomic E-state index is 1.21. The maximum Gasteiger partial charge on any atom is -0.00190 e. The zero-order valence-corrected chi connectivity index (χ0v) is 10.4. The monoisotopic (exact) mass is 187 g/mol. The smallest absolute Gasteiger partial charge is 0.00190 e. The maximum atomic E-state index is 2.48. The number of rotatable bonds is 6. The molecule has 0 aliphatic heterocycles. The van der Waals surface area contributed by atoms with Crippen molar-refractivity contribution in [3.05, 3.63) is 0 Å². The number of hydrogen-bond acceptors (Lipinski definition) is 1. The van der Waals surface area contributed by atoms with Crippen molar-refractivity contribution in [3.8, 4) is 0 Å². The summed E-state index contributed by atoms with van der Waals surface area (Å²) < 4.78 is 0. The fraction of sp³-hybridized carbons (Fsp3) is 1.00. The van der Waals surface area contributed by atoms with E-state index in [-0.39, 0.29) is 0 Å². The second-order valence-corrected chi connectivity index (χ2v) is 3.44. The van der Waals surface area contributed by atoms with E-state index in [9.17, 15) is 0 Å². The highest BCUT2D eigenvalue weighted by Gasteiger charge is 1.95. The van der Waals surface area contributed by atoms with Gasteiger partial charge in [0.2, 0.25) is 0 Å². The highest BCUT2D eigenvalue weighted by atomic mass is 15.1. The molecule has 0 radical (unpaired) electrons. The molecule has 1 heteroatoms. The first kappa shape index (κ1) is 15.4. The Labute approximate surface area is 85.5 Å². The largest absolute Gasteiger partial charge is 0.304 e. The SMILES string of the molecule is CCC.CCCCCN(CC)CC. The minimum Gasteiger partial charge on any atom is -0.304 e. The van der Waals surface area contributed by atoms with Crippen LogP contribution < -0.4 is 0 Å². The van der Waals surface area contributed by atoms with Crippen molar-refractivity contribution >= 4 is 0 Å². The highest BCUT2D eigenvalue weighted by Crippen LogP contribution is 1.96. The molecule has 0 aromatic rings. The fourth-order valence-corrected chi connectivity index (χ4v) is 1.13. The van der Waals surface area contributed by atoms with Gasteiger partial charge in [0, 0.05) is 0 Å². The summed E-state index contributed by atoms with van der Waals surface area (Å²) in [6.45, 7) is 14.7. The third-order valence-corrected chi connectivity index (χ3v) is 1.97. The minimum atomic E-state index is 1.21. The first-order valence-corrected chi connectivity index (χ1v) is 5.98. The summed E-state index contributed by atoms with van der Waals surface area (Å²) in [6.07, 6.45) is 5.34. The molecule has 0 bridgehead atoms. The number of unbranched alkanes of at least 4 members (excludes halogenated alkanes) is 2. The van der Waals surface area contributed by atoms with Gasteiger partial charge in [0.25, 0.3) is 0 Å². The summed E-state index contributed by atoms with van der Waals surface area (Å²) in [5.41, 5.74) is 0. The lowest BCUT2D eigenvalue weighted by atomic mass is 10.2. The fourth-order valence-electron chi connectivity index (χ4n) is 1.13. The van der Waals surface area contributed by atoms with E-state index < -0.39 is 0 Å². The molecule has 82 valence electrons. The molecule has 0 atom stereocenters. The van der Waals surface area contributed by atoms with Gasteiger partial charge in [-0.1, -0.05) is 53.9 Å². The Hall–Kier alpha value is -0.0400. The predicted octanol–water partition coefficient (Wildman–Crippen LogP) is 3.93. The van der Waals surface area contributed by atoms with Crippen molar-refractivity contribution in [1.82, 2.24) is 4.90 Å². The molecule has 0 spiro atoms. The second kappa shape index (κ2) is 14.5. The van der Waals surface area contributed by atoms with Gasteiger partial charge in [-0.15, -0.1) is 0 Å². The Morgan fingerprint density at radius 1 is 0.769 bits per heavy atom. The van der Waals surface area contributed by atoms with Crippen LogP contribution in [0, 0.1) is 0 Å². The molecule has 0 N–H and O–H groups in total. The highest BCUT2D eigenvalue weighted by molar-refractivity contribution is 4.51. The first-order valence-electron chi connectivity index (χ1n) is 5.98. The van der Waals surface area contributed by atoms with Crippen molar-refractivity contribution in [2.24, 2.45) is 0 Å². The molecule has 1 nitrogen and oxygen atoms in total. The van der Waals surface area contributed by atoms with Crippen LogP contribution in [0.15, 0.2) is 0 Å². The lowest BCUT2D eigenvalue weighted by Crippen LogP contribution is -2.23. The van der Waals surface area contributed by atoms with E-state index in [1.165, 1.54) is 45.3 Å².